The molecule has 1 saturated heterocycles. The third-order valence-corrected chi connectivity index (χ3v) is 5.61. The summed E-state index contributed by atoms with van der Waals surface area (Å²) in [5.41, 5.74) is 9.37. The quantitative estimate of drug-likeness (QED) is 0.778. The number of unbranched alkanes of at least 4 members (excludes halogenated alkanes) is 1. The van der Waals surface area contributed by atoms with Gasteiger partial charge in [0.15, 0.2) is 0 Å². The normalized spacial score (nSPS) is 18.0. The topological polar surface area (TPSA) is 62.0 Å². The van der Waals surface area contributed by atoms with E-state index in [0.717, 1.165) is 57.7 Å². The SMILES string of the molecule is COc1ccc(N2CCN(C)CC2)c2c1CCN(C(=O)CCCCN)C2. The van der Waals surface area contributed by atoms with Gasteiger partial charge in [0.1, 0.15) is 5.75 Å². The van der Waals surface area contributed by atoms with E-state index in [1.165, 1.54) is 16.8 Å². The molecule has 1 aromatic carbocycles. The largest absolute Gasteiger partial charge is 0.496 e. The van der Waals surface area contributed by atoms with Crippen LogP contribution in [0.25, 0.3) is 0 Å². The van der Waals surface area contributed by atoms with Crippen LogP contribution in [0.4, 0.5) is 5.69 Å². The van der Waals surface area contributed by atoms with Gasteiger partial charge < -0.3 is 25.2 Å². The average molecular weight is 361 g/mol. The molecule has 0 radical (unpaired) electrons. The van der Waals surface area contributed by atoms with Gasteiger partial charge in [-0.05, 0) is 45.0 Å². The Morgan fingerprint density at radius 1 is 1.12 bits per heavy atom. The number of ether oxygens (including phenoxy) is 1. The fourth-order valence-electron chi connectivity index (χ4n) is 3.95. The van der Waals surface area contributed by atoms with E-state index in [1.54, 1.807) is 7.11 Å². The summed E-state index contributed by atoms with van der Waals surface area (Å²) in [6.45, 7) is 6.32. The molecule has 0 spiro atoms. The Morgan fingerprint density at radius 2 is 1.88 bits per heavy atom. The van der Waals surface area contributed by atoms with Gasteiger partial charge in [-0.3, -0.25) is 4.79 Å². The van der Waals surface area contributed by atoms with Crippen molar-refractivity contribution in [2.24, 2.45) is 5.73 Å². The number of carbonyl (C=O) groups excluding carboxylic acids is 1. The van der Waals surface area contributed by atoms with Crippen LogP contribution < -0.4 is 15.4 Å². The lowest BCUT2D eigenvalue weighted by molar-refractivity contribution is -0.132. The summed E-state index contributed by atoms with van der Waals surface area (Å²) in [7, 11) is 3.90. The zero-order valence-electron chi connectivity index (χ0n) is 16.2. The number of nitrogens with zero attached hydrogens (tertiary/aromatic N) is 3. The second kappa shape index (κ2) is 8.73. The second-order valence-electron chi connectivity index (χ2n) is 7.35. The molecule has 2 N–H and O–H groups in total. The molecule has 1 fully saturated rings. The number of benzene rings is 1. The van der Waals surface area contributed by atoms with Gasteiger partial charge in [-0.25, -0.2) is 0 Å². The first-order valence-electron chi connectivity index (χ1n) is 9.74. The summed E-state index contributed by atoms with van der Waals surface area (Å²) in [4.78, 5) is 19.4. The second-order valence-corrected chi connectivity index (χ2v) is 7.35. The van der Waals surface area contributed by atoms with E-state index in [1.807, 2.05) is 4.90 Å². The van der Waals surface area contributed by atoms with Gasteiger partial charge in [-0.15, -0.1) is 0 Å². The highest BCUT2D eigenvalue weighted by Crippen LogP contribution is 2.36. The first-order chi connectivity index (χ1) is 12.6. The maximum atomic E-state index is 12.6. The lowest BCUT2D eigenvalue weighted by Gasteiger charge is -2.38. The standard InChI is InChI=1S/C20H32N4O2/c1-22-11-13-23(14-12-22)18-6-7-19(26-2)16-8-10-24(15-17(16)18)20(25)5-3-4-9-21/h6-7H,3-5,8-15,21H2,1-2H3. The number of amides is 1. The van der Waals surface area contributed by atoms with Crippen molar-refractivity contribution in [1.29, 1.82) is 0 Å². The van der Waals surface area contributed by atoms with Crippen molar-refractivity contribution in [2.45, 2.75) is 32.2 Å². The summed E-state index contributed by atoms with van der Waals surface area (Å²) >= 11 is 0. The van der Waals surface area contributed by atoms with Crippen molar-refractivity contribution in [3.8, 4) is 5.75 Å². The molecular weight excluding hydrogens is 328 g/mol. The van der Waals surface area contributed by atoms with Crippen molar-refractivity contribution >= 4 is 11.6 Å². The first kappa shape index (κ1) is 19.0. The molecule has 2 aliphatic heterocycles. The van der Waals surface area contributed by atoms with Gasteiger partial charge in [0.2, 0.25) is 5.91 Å². The van der Waals surface area contributed by atoms with Crippen LogP contribution in [0, 0.1) is 0 Å². The van der Waals surface area contributed by atoms with Crippen LogP contribution in [0.5, 0.6) is 5.75 Å². The highest BCUT2D eigenvalue weighted by atomic mass is 16.5. The Labute approximate surface area is 156 Å². The molecule has 0 unspecified atom stereocenters. The fraction of sp³-hybridized carbons (Fsp3) is 0.650. The predicted molar refractivity (Wildman–Crippen MR) is 105 cm³/mol. The molecule has 2 heterocycles. The molecule has 1 amide bonds. The highest BCUT2D eigenvalue weighted by Gasteiger charge is 2.27. The van der Waals surface area contributed by atoms with Crippen LogP contribution >= 0.6 is 0 Å². The van der Waals surface area contributed by atoms with Crippen LogP contribution in [-0.4, -0.2) is 69.1 Å². The minimum absolute atomic E-state index is 0.247. The number of hydrogen-bond donors (Lipinski definition) is 1. The Balaban J connectivity index is 1.80. The molecule has 144 valence electrons. The fourth-order valence-corrected chi connectivity index (χ4v) is 3.95. The van der Waals surface area contributed by atoms with E-state index in [9.17, 15) is 4.79 Å². The predicted octanol–water partition coefficient (Wildman–Crippen LogP) is 1.46. The third kappa shape index (κ3) is 4.13. The molecule has 0 aliphatic carbocycles. The van der Waals surface area contributed by atoms with E-state index in [2.05, 4.69) is 29.0 Å². The van der Waals surface area contributed by atoms with Gasteiger partial charge >= 0.3 is 0 Å². The van der Waals surface area contributed by atoms with E-state index in [0.29, 0.717) is 19.5 Å². The summed E-state index contributed by atoms with van der Waals surface area (Å²) in [5.74, 6) is 1.20. The Bertz CT molecular complexity index is 626. The van der Waals surface area contributed by atoms with Crippen LogP contribution in [0.3, 0.4) is 0 Å². The summed E-state index contributed by atoms with van der Waals surface area (Å²) in [6, 6.07) is 4.26. The average Bonchev–Trinajstić information content (AvgIpc) is 2.67. The summed E-state index contributed by atoms with van der Waals surface area (Å²) in [6.07, 6.45) is 3.25. The van der Waals surface area contributed by atoms with Crippen molar-refractivity contribution in [2.75, 3.05) is 58.3 Å². The van der Waals surface area contributed by atoms with Crippen LogP contribution in [0.1, 0.15) is 30.4 Å². The maximum Gasteiger partial charge on any atom is 0.222 e. The van der Waals surface area contributed by atoms with E-state index in [4.69, 9.17) is 10.5 Å². The van der Waals surface area contributed by atoms with Gasteiger partial charge in [-0.1, -0.05) is 0 Å². The van der Waals surface area contributed by atoms with Crippen molar-refractivity contribution in [3.05, 3.63) is 23.3 Å². The third-order valence-electron chi connectivity index (χ3n) is 5.61. The van der Waals surface area contributed by atoms with Crippen LogP contribution in [0.2, 0.25) is 0 Å². The number of methoxy groups -OCH3 is 1. The number of nitrogens with two attached hydrogens (primary N) is 1. The van der Waals surface area contributed by atoms with E-state index in [-0.39, 0.29) is 5.91 Å². The summed E-state index contributed by atoms with van der Waals surface area (Å²) in [5, 5.41) is 0. The number of rotatable bonds is 6. The van der Waals surface area contributed by atoms with Gasteiger partial charge in [0.05, 0.1) is 7.11 Å². The molecule has 0 saturated carbocycles. The van der Waals surface area contributed by atoms with Crippen LogP contribution in [-0.2, 0) is 17.8 Å². The van der Waals surface area contributed by atoms with Gasteiger partial charge in [-0.2, -0.15) is 0 Å². The summed E-state index contributed by atoms with van der Waals surface area (Å²) < 4.78 is 5.60. The molecule has 1 aromatic rings. The molecule has 6 nitrogen and oxygen atoms in total. The van der Waals surface area contributed by atoms with Gasteiger partial charge in [0, 0.05) is 62.5 Å². The van der Waals surface area contributed by atoms with Crippen LogP contribution in [0.15, 0.2) is 12.1 Å². The number of piperazine rings is 1. The molecule has 0 bridgehead atoms. The zero-order chi connectivity index (χ0) is 18.5. The number of hydrogen-bond acceptors (Lipinski definition) is 5. The monoisotopic (exact) mass is 360 g/mol. The molecular formula is C20H32N4O2. The number of anilines is 1. The van der Waals surface area contributed by atoms with E-state index >= 15 is 0 Å². The number of fused-ring (bicyclic) bond motifs is 1. The van der Waals surface area contributed by atoms with E-state index < -0.39 is 0 Å². The minimum atomic E-state index is 0.247. The maximum absolute atomic E-state index is 12.6. The molecule has 0 aromatic heterocycles. The lowest BCUT2D eigenvalue weighted by Crippen LogP contribution is -2.45. The minimum Gasteiger partial charge on any atom is -0.496 e. The van der Waals surface area contributed by atoms with Crippen molar-refractivity contribution in [1.82, 2.24) is 9.80 Å². The number of likely N-dealkylation sites (N-methyl/N-ethyl adjacent to an activating group) is 1. The lowest BCUT2D eigenvalue weighted by atomic mass is 9.95. The van der Waals surface area contributed by atoms with Crippen molar-refractivity contribution < 1.29 is 9.53 Å². The van der Waals surface area contributed by atoms with Gasteiger partial charge in [0.25, 0.3) is 0 Å². The smallest absolute Gasteiger partial charge is 0.222 e. The zero-order valence-corrected chi connectivity index (χ0v) is 16.2. The molecule has 0 atom stereocenters. The van der Waals surface area contributed by atoms with Crippen molar-refractivity contribution in [3.63, 3.8) is 0 Å². The first-order valence-corrected chi connectivity index (χ1v) is 9.74. The Morgan fingerprint density at radius 3 is 2.58 bits per heavy atom. The molecule has 26 heavy (non-hydrogen) atoms. The molecule has 6 heteroatoms. The number of carbonyl (C=O) groups is 1. The Hall–Kier alpha value is -1.79. The Kier molecular flexibility index (Phi) is 6.38. The highest BCUT2D eigenvalue weighted by molar-refractivity contribution is 5.77. The molecule has 2 aliphatic rings. The molecule has 3 rings (SSSR count).